The highest BCUT2D eigenvalue weighted by atomic mass is 16.3. The Bertz CT molecular complexity index is 822. The molecule has 0 aliphatic rings. The van der Waals surface area contributed by atoms with Gasteiger partial charge in [0.15, 0.2) is 0 Å². The number of hydrogen-bond donors (Lipinski definition) is 1. The van der Waals surface area contributed by atoms with Crippen LogP contribution in [-0.2, 0) is 0 Å². The molecule has 0 radical (unpaired) electrons. The summed E-state index contributed by atoms with van der Waals surface area (Å²) in [5.74, 6) is -0.0925. The third-order valence-electron chi connectivity index (χ3n) is 3.88. The molecular weight excluding hydrogens is 288 g/mol. The van der Waals surface area contributed by atoms with Crippen molar-refractivity contribution in [3.63, 3.8) is 0 Å². The highest BCUT2D eigenvalue weighted by Gasteiger charge is 2.19. The molecule has 4 nitrogen and oxygen atoms in total. The number of aliphatic hydroxyl groups excluding tert-OH is 1. The van der Waals surface area contributed by atoms with Crippen LogP contribution in [0.15, 0.2) is 60.8 Å². The first kappa shape index (κ1) is 15.5. The minimum absolute atomic E-state index is 0.0925. The zero-order valence-electron chi connectivity index (χ0n) is 13.3. The van der Waals surface area contributed by atoms with E-state index < -0.39 is 6.10 Å². The number of fused-ring (bicyclic) bond motifs is 1. The maximum atomic E-state index is 12.8. The van der Waals surface area contributed by atoms with Gasteiger partial charge in [-0.3, -0.25) is 9.36 Å². The molecule has 118 valence electrons. The van der Waals surface area contributed by atoms with Gasteiger partial charge in [0, 0.05) is 29.3 Å². The summed E-state index contributed by atoms with van der Waals surface area (Å²) in [4.78, 5) is 14.7. The van der Waals surface area contributed by atoms with Crippen LogP contribution in [0.3, 0.4) is 0 Å². The molecule has 1 atom stereocenters. The molecule has 0 saturated heterocycles. The Balaban J connectivity index is 2.10. The number of nitrogens with zero attached hydrogens (tertiary/aromatic N) is 2. The van der Waals surface area contributed by atoms with Crippen molar-refractivity contribution in [1.82, 2.24) is 9.47 Å². The van der Waals surface area contributed by atoms with Crippen LogP contribution < -0.4 is 0 Å². The van der Waals surface area contributed by atoms with Gasteiger partial charge in [-0.15, -0.1) is 0 Å². The number of rotatable bonds is 4. The van der Waals surface area contributed by atoms with E-state index in [0.717, 1.165) is 16.5 Å². The van der Waals surface area contributed by atoms with Crippen molar-refractivity contribution in [3.8, 4) is 0 Å². The van der Waals surface area contributed by atoms with Crippen LogP contribution in [-0.4, -0.2) is 41.1 Å². The highest BCUT2D eigenvalue weighted by Crippen LogP contribution is 2.27. The van der Waals surface area contributed by atoms with Gasteiger partial charge in [-0.2, -0.15) is 0 Å². The molecule has 4 heteroatoms. The van der Waals surface area contributed by atoms with Gasteiger partial charge in [0.1, 0.15) is 0 Å². The second-order valence-electron chi connectivity index (χ2n) is 5.92. The number of aromatic nitrogens is 1. The number of likely N-dealkylation sites (N-methyl/N-ethyl adjacent to an activating group) is 1. The Morgan fingerprint density at radius 2 is 1.74 bits per heavy atom. The minimum Gasteiger partial charge on any atom is -0.387 e. The number of carbonyl (C=O) groups is 1. The lowest BCUT2D eigenvalue weighted by Gasteiger charge is -2.15. The van der Waals surface area contributed by atoms with Crippen LogP contribution in [0, 0.1) is 0 Å². The molecule has 1 unspecified atom stereocenters. The Labute approximate surface area is 135 Å². The molecule has 1 heterocycles. The Kier molecular flexibility index (Phi) is 4.28. The van der Waals surface area contributed by atoms with Gasteiger partial charge in [-0.1, -0.05) is 36.4 Å². The van der Waals surface area contributed by atoms with E-state index in [0.29, 0.717) is 12.1 Å². The summed E-state index contributed by atoms with van der Waals surface area (Å²) in [7, 11) is 3.83. The second kappa shape index (κ2) is 6.36. The number of carbonyl (C=O) groups excluding carboxylic acids is 1. The smallest absolute Gasteiger partial charge is 0.262 e. The summed E-state index contributed by atoms with van der Waals surface area (Å²) in [6, 6.07) is 16.9. The van der Waals surface area contributed by atoms with E-state index in [1.54, 1.807) is 22.9 Å². The Morgan fingerprint density at radius 1 is 1.09 bits per heavy atom. The quantitative estimate of drug-likeness (QED) is 0.806. The molecule has 0 aliphatic carbocycles. The molecule has 0 fully saturated rings. The van der Waals surface area contributed by atoms with E-state index in [1.165, 1.54) is 0 Å². The summed E-state index contributed by atoms with van der Waals surface area (Å²) < 4.78 is 1.62. The van der Waals surface area contributed by atoms with Crippen molar-refractivity contribution in [1.29, 1.82) is 0 Å². The first-order valence-corrected chi connectivity index (χ1v) is 7.60. The highest BCUT2D eigenvalue weighted by molar-refractivity contribution is 6.03. The van der Waals surface area contributed by atoms with Gasteiger partial charge in [0.05, 0.1) is 11.6 Å². The molecule has 3 aromatic rings. The standard InChI is InChI=1S/C19H20N2O2/c1-20(2)13-18(22)16-12-21(17-11-7-6-10-15(16)17)19(23)14-8-4-3-5-9-14/h3-12,18,22H,13H2,1-2H3. The fourth-order valence-corrected chi connectivity index (χ4v) is 2.80. The van der Waals surface area contributed by atoms with E-state index in [1.807, 2.05) is 61.5 Å². The van der Waals surface area contributed by atoms with Crippen LogP contribution in [0.4, 0.5) is 0 Å². The normalized spacial score (nSPS) is 12.7. The molecule has 3 rings (SSSR count). The molecule has 1 N–H and O–H groups in total. The summed E-state index contributed by atoms with van der Waals surface area (Å²) in [5.41, 5.74) is 2.22. The Morgan fingerprint density at radius 3 is 2.43 bits per heavy atom. The van der Waals surface area contributed by atoms with Crippen LogP contribution in [0.1, 0.15) is 22.0 Å². The van der Waals surface area contributed by atoms with E-state index in [9.17, 15) is 9.90 Å². The van der Waals surface area contributed by atoms with Crippen molar-refractivity contribution in [2.45, 2.75) is 6.10 Å². The number of aliphatic hydroxyl groups is 1. The van der Waals surface area contributed by atoms with Crippen molar-refractivity contribution >= 4 is 16.8 Å². The molecule has 0 aliphatic heterocycles. The minimum atomic E-state index is -0.639. The Hall–Kier alpha value is -2.43. The number of para-hydroxylation sites is 1. The van der Waals surface area contributed by atoms with Gasteiger partial charge in [0.25, 0.3) is 5.91 Å². The predicted octanol–water partition coefficient (Wildman–Crippen LogP) is 2.92. The molecule has 23 heavy (non-hydrogen) atoms. The zero-order valence-corrected chi connectivity index (χ0v) is 13.3. The SMILES string of the molecule is CN(C)CC(O)c1cn(C(=O)c2ccccc2)c2ccccc12. The average Bonchev–Trinajstić information content (AvgIpc) is 2.94. The monoisotopic (exact) mass is 308 g/mol. The van der Waals surface area contributed by atoms with Crippen LogP contribution >= 0.6 is 0 Å². The molecule has 0 spiro atoms. The zero-order chi connectivity index (χ0) is 16.4. The van der Waals surface area contributed by atoms with Crippen LogP contribution in [0.2, 0.25) is 0 Å². The van der Waals surface area contributed by atoms with Gasteiger partial charge in [0.2, 0.25) is 0 Å². The van der Waals surface area contributed by atoms with Crippen molar-refractivity contribution in [2.24, 2.45) is 0 Å². The predicted molar refractivity (Wildman–Crippen MR) is 91.6 cm³/mol. The third kappa shape index (κ3) is 3.04. The molecule has 0 amide bonds. The van der Waals surface area contributed by atoms with Gasteiger partial charge < -0.3 is 10.0 Å². The molecule has 1 aromatic heterocycles. The third-order valence-corrected chi connectivity index (χ3v) is 3.88. The van der Waals surface area contributed by atoms with Crippen molar-refractivity contribution in [3.05, 3.63) is 71.9 Å². The fraction of sp³-hybridized carbons (Fsp3) is 0.211. The van der Waals surface area contributed by atoms with Crippen molar-refractivity contribution in [2.75, 3.05) is 20.6 Å². The first-order chi connectivity index (χ1) is 11.1. The molecule has 0 bridgehead atoms. The first-order valence-electron chi connectivity index (χ1n) is 7.60. The van der Waals surface area contributed by atoms with Gasteiger partial charge >= 0.3 is 0 Å². The molecular formula is C19H20N2O2. The van der Waals surface area contributed by atoms with Crippen LogP contribution in [0.5, 0.6) is 0 Å². The largest absolute Gasteiger partial charge is 0.387 e. The lowest BCUT2D eigenvalue weighted by Crippen LogP contribution is -2.20. The summed E-state index contributed by atoms with van der Waals surface area (Å²) in [5, 5.41) is 11.4. The van der Waals surface area contributed by atoms with Gasteiger partial charge in [-0.05, 0) is 32.3 Å². The summed E-state index contributed by atoms with van der Waals surface area (Å²) in [6.07, 6.45) is 1.12. The lowest BCUT2D eigenvalue weighted by molar-refractivity contribution is 0.0964. The number of hydrogen-bond acceptors (Lipinski definition) is 3. The van der Waals surface area contributed by atoms with E-state index in [-0.39, 0.29) is 5.91 Å². The topological polar surface area (TPSA) is 45.5 Å². The van der Waals surface area contributed by atoms with E-state index >= 15 is 0 Å². The fourth-order valence-electron chi connectivity index (χ4n) is 2.80. The number of benzene rings is 2. The summed E-state index contributed by atoms with van der Waals surface area (Å²) >= 11 is 0. The molecule has 0 saturated carbocycles. The maximum Gasteiger partial charge on any atom is 0.262 e. The van der Waals surface area contributed by atoms with Crippen molar-refractivity contribution < 1.29 is 9.90 Å². The maximum absolute atomic E-state index is 12.8. The van der Waals surface area contributed by atoms with Gasteiger partial charge in [-0.25, -0.2) is 0 Å². The second-order valence-corrected chi connectivity index (χ2v) is 5.92. The van der Waals surface area contributed by atoms with Crippen LogP contribution in [0.25, 0.3) is 10.9 Å². The lowest BCUT2D eigenvalue weighted by atomic mass is 10.1. The van der Waals surface area contributed by atoms with E-state index in [4.69, 9.17) is 0 Å². The van der Waals surface area contributed by atoms with E-state index in [2.05, 4.69) is 0 Å². The summed E-state index contributed by atoms with van der Waals surface area (Å²) in [6.45, 7) is 0.507. The molecule has 2 aromatic carbocycles. The average molecular weight is 308 g/mol.